The zero-order chi connectivity index (χ0) is 21.6. The zero-order valence-corrected chi connectivity index (χ0v) is 17.1. The number of benzene rings is 2. The molecule has 2 aromatic carbocycles. The van der Waals surface area contributed by atoms with Crippen LogP contribution in [0.25, 0.3) is 0 Å². The molecule has 0 aromatic heterocycles. The minimum atomic E-state index is -2.92. The molecule has 0 fully saturated rings. The number of carbonyl (C=O) groups excluding carboxylic acids is 2. The Hall–Kier alpha value is -2.42. The highest BCUT2D eigenvalue weighted by Crippen LogP contribution is 2.29. The topological polar surface area (TPSA) is 70.7 Å². The number of para-hydroxylation sites is 1. The van der Waals surface area contributed by atoms with Crippen LogP contribution >= 0.6 is 23.2 Å². The number of hydrogen-bond donors (Lipinski definition) is 2. The number of likely N-dealkylation sites (N-methyl/N-ethyl adjacent to an activating group) is 1. The minimum absolute atomic E-state index is 0.0157. The Morgan fingerprint density at radius 3 is 2.21 bits per heavy atom. The summed E-state index contributed by atoms with van der Waals surface area (Å²) in [5, 5.41) is 5.88. The van der Waals surface area contributed by atoms with Gasteiger partial charge in [0.05, 0.1) is 28.3 Å². The molecule has 0 saturated carbocycles. The summed E-state index contributed by atoms with van der Waals surface area (Å²) < 4.78 is 28.6. The Morgan fingerprint density at radius 1 is 1.07 bits per heavy atom. The number of nitrogens with zero attached hydrogens (tertiary/aromatic N) is 1. The molecule has 2 amide bonds. The average molecular weight is 446 g/mol. The molecule has 0 radical (unpaired) electrons. The van der Waals surface area contributed by atoms with E-state index in [0.29, 0.717) is 21.4 Å². The van der Waals surface area contributed by atoms with E-state index in [4.69, 9.17) is 23.2 Å². The molecule has 2 rings (SSSR count). The van der Waals surface area contributed by atoms with E-state index in [1.165, 1.54) is 29.2 Å². The number of amides is 2. The standard InChI is InChI=1S/C19H19Cl2F2N3O3/c1-11(18(28)24-12-6-8-13(9-7-12)29-19(22)23)26(2)10-16(27)25-17-14(20)4-3-5-15(17)21/h3-9,11,19H,10H2,1-2H3,(H,24,28)(H,25,27). The fourth-order valence-electron chi connectivity index (χ4n) is 2.33. The van der Waals surface area contributed by atoms with Gasteiger partial charge in [-0.3, -0.25) is 14.5 Å². The van der Waals surface area contributed by atoms with Crippen LogP contribution in [0.5, 0.6) is 5.75 Å². The second-order valence-electron chi connectivity index (χ2n) is 6.13. The van der Waals surface area contributed by atoms with E-state index >= 15 is 0 Å². The van der Waals surface area contributed by atoms with Crippen LogP contribution < -0.4 is 15.4 Å². The van der Waals surface area contributed by atoms with Crippen molar-refractivity contribution < 1.29 is 23.1 Å². The van der Waals surface area contributed by atoms with Crippen molar-refractivity contribution in [2.24, 2.45) is 0 Å². The molecule has 10 heteroatoms. The largest absolute Gasteiger partial charge is 0.435 e. The Labute approximate surface area is 176 Å². The molecule has 0 heterocycles. The molecule has 0 aliphatic rings. The summed E-state index contributed by atoms with van der Waals surface area (Å²) in [4.78, 5) is 26.2. The van der Waals surface area contributed by atoms with E-state index in [9.17, 15) is 18.4 Å². The number of carbonyl (C=O) groups is 2. The van der Waals surface area contributed by atoms with Crippen LogP contribution in [0.2, 0.25) is 10.0 Å². The van der Waals surface area contributed by atoms with Crippen molar-refractivity contribution in [1.82, 2.24) is 4.90 Å². The highest BCUT2D eigenvalue weighted by molar-refractivity contribution is 6.39. The molecule has 0 aliphatic carbocycles. The van der Waals surface area contributed by atoms with E-state index in [0.717, 1.165) is 0 Å². The van der Waals surface area contributed by atoms with E-state index in [1.54, 1.807) is 32.2 Å². The van der Waals surface area contributed by atoms with Crippen molar-refractivity contribution in [2.45, 2.75) is 19.6 Å². The van der Waals surface area contributed by atoms with Gasteiger partial charge in [0.2, 0.25) is 11.8 Å². The maximum absolute atomic E-state index is 12.4. The molecule has 29 heavy (non-hydrogen) atoms. The molecule has 0 bridgehead atoms. The molecular weight excluding hydrogens is 427 g/mol. The molecule has 0 aliphatic heterocycles. The molecule has 1 unspecified atom stereocenters. The number of halogens is 4. The molecule has 0 spiro atoms. The molecule has 156 valence electrons. The summed E-state index contributed by atoms with van der Waals surface area (Å²) in [6, 6.07) is 9.71. The zero-order valence-electron chi connectivity index (χ0n) is 15.6. The van der Waals surface area contributed by atoms with E-state index in [1.807, 2.05) is 0 Å². The first kappa shape index (κ1) is 22.9. The molecular formula is C19H19Cl2F2N3O3. The maximum Gasteiger partial charge on any atom is 0.387 e. The van der Waals surface area contributed by atoms with E-state index in [2.05, 4.69) is 15.4 Å². The van der Waals surface area contributed by atoms with Crippen LogP contribution in [0.15, 0.2) is 42.5 Å². The van der Waals surface area contributed by atoms with Gasteiger partial charge < -0.3 is 15.4 Å². The van der Waals surface area contributed by atoms with Gasteiger partial charge in [-0.25, -0.2) is 0 Å². The van der Waals surface area contributed by atoms with Gasteiger partial charge in [0.25, 0.3) is 0 Å². The quantitative estimate of drug-likeness (QED) is 0.627. The third kappa shape index (κ3) is 6.85. The highest BCUT2D eigenvalue weighted by Gasteiger charge is 2.21. The number of hydrogen-bond acceptors (Lipinski definition) is 4. The van der Waals surface area contributed by atoms with Crippen LogP contribution in [-0.2, 0) is 9.59 Å². The first-order valence-electron chi connectivity index (χ1n) is 8.47. The molecule has 0 saturated heterocycles. The number of alkyl halides is 2. The van der Waals surface area contributed by atoms with Gasteiger partial charge in [-0.15, -0.1) is 0 Å². The smallest absolute Gasteiger partial charge is 0.387 e. The lowest BCUT2D eigenvalue weighted by Gasteiger charge is -2.23. The fraction of sp³-hybridized carbons (Fsp3) is 0.263. The Morgan fingerprint density at radius 2 is 1.66 bits per heavy atom. The molecule has 2 aromatic rings. The summed E-state index contributed by atoms with van der Waals surface area (Å²) in [6.07, 6.45) is 0. The number of ether oxygens (including phenoxy) is 1. The third-order valence-electron chi connectivity index (χ3n) is 4.01. The average Bonchev–Trinajstić information content (AvgIpc) is 2.65. The van der Waals surface area contributed by atoms with Gasteiger partial charge in [-0.1, -0.05) is 29.3 Å². The summed E-state index contributed by atoms with van der Waals surface area (Å²) >= 11 is 12.0. The lowest BCUT2D eigenvalue weighted by atomic mass is 10.2. The van der Waals surface area contributed by atoms with Crippen molar-refractivity contribution in [3.63, 3.8) is 0 Å². The van der Waals surface area contributed by atoms with Crippen LogP contribution in [0, 0.1) is 0 Å². The summed E-state index contributed by atoms with van der Waals surface area (Å²) in [5.41, 5.74) is 0.710. The SMILES string of the molecule is CC(C(=O)Nc1ccc(OC(F)F)cc1)N(C)CC(=O)Nc1c(Cl)cccc1Cl. The summed E-state index contributed by atoms with van der Waals surface area (Å²) in [5.74, 6) is -0.785. The Bertz CT molecular complexity index is 846. The van der Waals surface area contributed by atoms with Gasteiger partial charge in [0.1, 0.15) is 5.75 Å². The lowest BCUT2D eigenvalue weighted by Crippen LogP contribution is -2.43. The molecule has 1 atom stereocenters. The van der Waals surface area contributed by atoms with Gasteiger partial charge in [-0.2, -0.15) is 8.78 Å². The van der Waals surface area contributed by atoms with Crippen molar-refractivity contribution in [3.05, 3.63) is 52.5 Å². The number of nitrogens with one attached hydrogen (secondary N) is 2. The van der Waals surface area contributed by atoms with Crippen LogP contribution in [0.4, 0.5) is 20.2 Å². The second-order valence-corrected chi connectivity index (χ2v) is 6.94. The predicted molar refractivity (Wildman–Crippen MR) is 109 cm³/mol. The number of rotatable bonds is 8. The van der Waals surface area contributed by atoms with Gasteiger partial charge >= 0.3 is 6.61 Å². The third-order valence-corrected chi connectivity index (χ3v) is 4.64. The highest BCUT2D eigenvalue weighted by atomic mass is 35.5. The first-order chi connectivity index (χ1) is 13.7. The van der Waals surface area contributed by atoms with Crippen LogP contribution in [-0.4, -0.2) is 43.0 Å². The van der Waals surface area contributed by atoms with Gasteiger partial charge in [0, 0.05) is 5.69 Å². The first-order valence-corrected chi connectivity index (χ1v) is 9.23. The maximum atomic E-state index is 12.4. The minimum Gasteiger partial charge on any atom is -0.435 e. The number of anilines is 2. The monoisotopic (exact) mass is 445 g/mol. The second kappa shape index (κ2) is 10.4. The molecule has 2 N–H and O–H groups in total. The fourth-order valence-corrected chi connectivity index (χ4v) is 2.82. The lowest BCUT2D eigenvalue weighted by molar-refractivity contribution is -0.122. The normalized spacial score (nSPS) is 12.0. The van der Waals surface area contributed by atoms with E-state index in [-0.39, 0.29) is 18.2 Å². The molecule has 6 nitrogen and oxygen atoms in total. The Balaban J connectivity index is 1.90. The van der Waals surface area contributed by atoms with Gasteiger partial charge in [-0.05, 0) is 50.4 Å². The van der Waals surface area contributed by atoms with Crippen molar-refractivity contribution >= 4 is 46.4 Å². The summed E-state index contributed by atoms with van der Waals surface area (Å²) in [6.45, 7) is -1.38. The van der Waals surface area contributed by atoms with Crippen molar-refractivity contribution in [3.8, 4) is 5.75 Å². The van der Waals surface area contributed by atoms with Gasteiger partial charge in [0.15, 0.2) is 0 Å². The summed E-state index contributed by atoms with van der Waals surface area (Å²) in [7, 11) is 1.61. The van der Waals surface area contributed by atoms with Crippen molar-refractivity contribution in [1.29, 1.82) is 0 Å². The van der Waals surface area contributed by atoms with Crippen LogP contribution in [0.1, 0.15) is 6.92 Å². The van der Waals surface area contributed by atoms with Crippen LogP contribution in [0.3, 0.4) is 0 Å². The Kier molecular flexibility index (Phi) is 8.19. The predicted octanol–water partition coefficient (Wildman–Crippen LogP) is 4.49. The van der Waals surface area contributed by atoms with E-state index < -0.39 is 18.6 Å². The van der Waals surface area contributed by atoms with Crippen molar-refractivity contribution in [2.75, 3.05) is 24.2 Å².